The van der Waals surface area contributed by atoms with E-state index in [0.717, 1.165) is 22.5 Å². The molecule has 5 nitrogen and oxygen atoms in total. The Kier molecular flexibility index (Phi) is 4.77. The second kappa shape index (κ2) is 6.39. The summed E-state index contributed by atoms with van der Waals surface area (Å²) >= 11 is 1.51. The molecule has 0 unspecified atom stereocenters. The zero-order valence-corrected chi connectivity index (χ0v) is 13.6. The van der Waals surface area contributed by atoms with Crippen molar-refractivity contribution in [2.24, 2.45) is 0 Å². The number of fused-ring (bicyclic) bond motifs is 1. The largest absolute Gasteiger partial charge is 0.461 e. The van der Waals surface area contributed by atoms with Crippen molar-refractivity contribution in [3.8, 4) is 0 Å². The van der Waals surface area contributed by atoms with E-state index in [1.54, 1.807) is 6.92 Å². The summed E-state index contributed by atoms with van der Waals surface area (Å²) in [6.45, 7) is 7.48. The van der Waals surface area contributed by atoms with Crippen LogP contribution in [0.1, 0.15) is 45.0 Å². The number of thiophene rings is 1. The summed E-state index contributed by atoms with van der Waals surface area (Å²) in [4.78, 5) is 30.7. The van der Waals surface area contributed by atoms with E-state index in [4.69, 9.17) is 4.74 Å². The molecule has 2 rings (SSSR count). The Morgan fingerprint density at radius 3 is 2.76 bits per heavy atom. The van der Waals surface area contributed by atoms with Gasteiger partial charge in [-0.25, -0.2) is 9.78 Å². The highest BCUT2D eigenvalue weighted by Gasteiger charge is 2.21. The van der Waals surface area contributed by atoms with Gasteiger partial charge in [-0.05, 0) is 32.8 Å². The maximum absolute atomic E-state index is 12.5. The summed E-state index contributed by atoms with van der Waals surface area (Å²) in [5, 5.41) is 0.572. The smallest absolute Gasteiger partial charge is 0.329 e. The van der Waals surface area contributed by atoms with Gasteiger partial charge >= 0.3 is 5.97 Å². The molecule has 2 aromatic rings. The maximum atomic E-state index is 12.5. The van der Waals surface area contributed by atoms with Crippen molar-refractivity contribution in [1.29, 1.82) is 0 Å². The Morgan fingerprint density at radius 1 is 1.43 bits per heavy atom. The molecule has 2 aromatic heterocycles. The molecular formula is C15H20N2O3S. The third kappa shape index (κ3) is 3.15. The number of hydrogen-bond acceptors (Lipinski definition) is 5. The maximum Gasteiger partial charge on any atom is 0.329 e. The first kappa shape index (κ1) is 15.7. The lowest BCUT2D eigenvalue weighted by Crippen LogP contribution is -2.30. The number of aromatic nitrogens is 2. The van der Waals surface area contributed by atoms with Crippen LogP contribution in [0.4, 0.5) is 0 Å². The number of ether oxygens (including phenoxy) is 1. The van der Waals surface area contributed by atoms with E-state index in [0.29, 0.717) is 5.39 Å². The van der Waals surface area contributed by atoms with Crippen molar-refractivity contribution in [2.45, 2.75) is 52.7 Å². The van der Waals surface area contributed by atoms with Crippen molar-refractivity contribution >= 4 is 27.5 Å². The van der Waals surface area contributed by atoms with E-state index in [1.165, 1.54) is 22.2 Å². The van der Waals surface area contributed by atoms with E-state index in [2.05, 4.69) is 4.98 Å². The van der Waals surface area contributed by atoms with Crippen LogP contribution in [0.3, 0.4) is 0 Å². The molecule has 21 heavy (non-hydrogen) atoms. The standard InChI is InChI=1S/C15H20N2O3S/c1-5-9(3)20-15(19)10(4)17-8-16-13-12(14(17)18)7-11(6-2)21-13/h7-10H,5-6H2,1-4H3/t9-,10+/m0/s1. The Labute approximate surface area is 127 Å². The van der Waals surface area contributed by atoms with E-state index in [1.807, 2.05) is 26.8 Å². The molecule has 0 N–H and O–H groups in total. The predicted molar refractivity (Wildman–Crippen MR) is 83.8 cm³/mol. The predicted octanol–water partition coefficient (Wildman–Crippen LogP) is 2.92. The van der Waals surface area contributed by atoms with Gasteiger partial charge in [0.05, 0.1) is 17.8 Å². The van der Waals surface area contributed by atoms with E-state index >= 15 is 0 Å². The quantitative estimate of drug-likeness (QED) is 0.797. The first-order valence-electron chi connectivity index (χ1n) is 7.17. The second-order valence-corrected chi connectivity index (χ2v) is 6.19. The Morgan fingerprint density at radius 2 is 2.14 bits per heavy atom. The summed E-state index contributed by atoms with van der Waals surface area (Å²) in [6.07, 6.45) is 2.89. The number of aryl methyl sites for hydroxylation is 1. The third-order valence-corrected chi connectivity index (χ3v) is 4.71. The molecule has 0 saturated carbocycles. The average molecular weight is 308 g/mol. The van der Waals surface area contributed by atoms with E-state index < -0.39 is 12.0 Å². The van der Waals surface area contributed by atoms with Crippen LogP contribution < -0.4 is 5.56 Å². The molecule has 6 heteroatoms. The molecule has 0 aliphatic carbocycles. The van der Waals surface area contributed by atoms with Crippen LogP contribution in [-0.2, 0) is 16.0 Å². The van der Waals surface area contributed by atoms with Gasteiger partial charge in [-0.15, -0.1) is 11.3 Å². The molecule has 0 bridgehead atoms. The van der Waals surface area contributed by atoms with Crippen LogP contribution in [0.25, 0.3) is 10.2 Å². The summed E-state index contributed by atoms with van der Waals surface area (Å²) in [5.41, 5.74) is -0.190. The van der Waals surface area contributed by atoms with E-state index in [9.17, 15) is 9.59 Å². The highest BCUT2D eigenvalue weighted by atomic mass is 32.1. The Balaban J connectivity index is 2.35. The molecule has 0 saturated heterocycles. The van der Waals surface area contributed by atoms with Gasteiger partial charge in [-0.2, -0.15) is 0 Å². The van der Waals surface area contributed by atoms with Crippen LogP contribution in [0, 0.1) is 0 Å². The topological polar surface area (TPSA) is 61.2 Å². The molecule has 114 valence electrons. The highest BCUT2D eigenvalue weighted by molar-refractivity contribution is 7.18. The molecule has 0 aromatic carbocycles. The number of rotatable bonds is 5. The Hall–Kier alpha value is -1.69. The SMILES string of the molecule is CCc1cc2c(=O)n([C@H](C)C(=O)O[C@@H](C)CC)cnc2s1. The van der Waals surface area contributed by atoms with Crippen molar-refractivity contribution in [2.75, 3.05) is 0 Å². The minimum atomic E-state index is -0.673. The lowest BCUT2D eigenvalue weighted by atomic mass is 10.3. The minimum absolute atomic E-state index is 0.153. The van der Waals surface area contributed by atoms with Crippen LogP contribution in [0.2, 0.25) is 0 Å². The number of carbonyl (C=O) groups is 1. The zero-order valence-electron chi connectivity index (χ0n) is 12.8. The molecular weight excluding hydrogens is 288 g/mol. The molecule has 2 atom stereocenters. The van der Waals surface area contributed by atoms with Crippen LogP contribution in [0.5, 0.6) is 0 Å². The van der Waals surface area contributed by atoms with Crippen LogP contribution >= 0.6 is 11.3 Å². The van der Waals surface area contributed by atoms with Crippen molar-refractivity contribution in [1.82, 2.24) is 9.55 Å². The third-order valence-electron chi connectivity index (χ3n) is 3.53. The highest BCUT2D eigenvalue weighted by Crippen LogP contribution is 2.21. The normalized spacial score (nSPS) is 14.1. The molecule has 0 radical (unpaired) electrons. The van der Waals surface area contributed by atoms with Gasteiger partial charge in [0, 0.05) is 4.88 Å². The Bertz CT molecular complexity index is 704. The fourth-order valence-corrected chi connectivity index (χ4v) is 2.86. The monoisotopic (exact) mass is 308 g/mol. The molecule has 2 heterocycles. The van der Waals surface area contributed by atoms with Crippen LogP contribution in [-0.4, -0.2) is 21.6 Å². The summed E-state index contributed by atoms with van der Waals surface area (Å²) < 4.78 is 6.63. The number of nitrogens with zero attached hydrogens (tertiary/aromatic N) is 2. The fraction of sp³-hybridized carbons (Fsp3) is 0.533. The average Bonchev–Trinajstić information content (AvgIpc) is 2.91. The zero-order chi connectivity index (χ0) is 15.6. The number of carbonyl (C=O) groups excluding carboxylic acids is 1. The first-order valence-corrected chi connectivity index (χ1v) is 7.99. The van der Waals surface area contributed by atoms with Crippen molar-refractivity contribution in [3.63, 3.8) is 0 Å². The lowest BCUT2D eigenvalue weighted by Gasteiger charge is -2.17. The molecule has 0 spiro atoms. The van der Waals surface area contributed by atoms with Gasteiger partial charge in [0.2, 0.25) is 0 Å². The number of esters is 1. The summed E-state index contributed by atoms with van der Waals surface area (Å²) in [5.74, 6) is -0.404. The molecule has 0 amide bonds. The van der Waals surface area contributed by atoms with Gasteiger partial charge in [-0.3, -0.25) is 9.36 Å². The van der Waals surface area contributed by atoms with Gasteiger partial charge in [0.15, 0.2) is 0 Å². The van der Waals surface area contributed by atoms with Gasteiger partial charge in [0.25, 0.3) is 5.56 Å². The molecule has 0 aliphatic heterocycles. The second-order valence-electron chi connectivity index (χ2n) is 5.07. The fourth-order valence-electron chi connectivity index (χ4n) is 1.93. The summed E-state index contributed by atoms with van der Waals surface area (Å²) in [6, 6.07) is 1.19. The van der Waals surface area contributed by atoms with Crippen molar-refractivity contribution in [3.05, 3.63) is 27.6 Å². The van der Waals surface area contributed by atoms with Gasteiger partial charge < -0.3 is 4.74 Å². The number of hydrogen-bond donors (Lipinski definition) is 0. The van der Waals surface area contributed by atoms with Crippen molar-refractivity contribution < 1.29 is 9.53 Å². The molecule has 0 aliphatic rings. The van der Waals surface area contributed by atoms with Crippen LogP contribution in [0.15, 0.2) is 17.2 Å². The lowest BCUT2D eigenvalue weighted by molar-refractivity contribution is -0.152. The molecule has 0 fully saturated rings. The van der Waals surface area contributed by atoms with E-state index in [-0.39, 0.29) is 11.7 Å². The van der Waals surface area contributed by atoms with Gasteiger partial charge in [-0.1, -0.05) is 13.8 Å². The van der Waals surface area contributed by atoms with Gasteiger partial charge in [0.1, 0.15) is 10.9 Å². The minimum Gasteiger partial charge on any atom is -0.461 e. The first-order chi connectivity index (χ1) is 9.97. The summed E-state index contributed by atoms with van der Waals surface area (Å²) in [7, 11) is 0.